The first-order valence-electron chi connectivity index (χ1n) is 6.91. The summed E-state index contributed by atoms with van der Waals surface area (Å²) in [5, 5.41) is 5.18. The zero-order chi connectivity index (χ0) is 14.6. The van der Waals surface area contributed by atoms with E-state index in [4.69, 9.17) is 5.14 Å². The Balaban J connectivity index is 2.28. The van der Waals surface area contributed by atoms with Crippen LogP contribution in [0.25, 0.3) is 0 Å². The molecule has 1 fully saturated rings. The minimum atomic E-state index is -3.88. The highest BCUT2D eigenvalue weighted by Gasteiger charge is 2.23. The highest BCUT2D eigenvalue weighted by Crippen LogP contribution is 2.18. The van der Waals surface area contributed by atoms with Gasteiger partial charge in [-0.05, 0) is 25.0 Å². The van der Waals surface area contributed by atoms with Gasteiger partial charge in [0.2, 0.25) is 10.0 Å². The maximum Gasteiger partial charge on any atom is 0.255 e. The van der Waals surface area contributed by atoms with Gasteiger partial charge in [0.05, 0.1) is 10.5 Å². The van der Waals surface area contributed by atoms with Crippen LogP contribution in [0.15, 0.2) is 29.2 Å². The summed E-state index contributed by atoms with van der Waals surface area (Å²) in [6.07, 6.45) is 5.35. The number of carbonyl (C=O) groups excluding carboxylic acids is 1. The van der Waals surface area contributed by atoms with Gasteiger partial charge in [0.25, 0.3) is 5.91 Å². The minimum absolute atomic E-state index is 0.0907. The summed E-state index contributed by atoms with van der Waals surface area (Å²) in [5.74, 6) is -0.239. The molecule has 0 aliphatic carbocycles. The predicted octanol–water partition coefficient (Wildman–Crippen LogP) is 1.74. The van der Waals surface area contributed by atoms with Crippen molar-refractivity contribution in [3.63, 3.8) is 0 Å². The summed E-state index contributed by atoms with van der Waals surface area (Å²) in [7, 11) is -3.88. The largest absolute Gasteiger partial charge is 0.339 e. The third-order valence-electron chi connectivity index (χ3n) is 3.57. The summed E-state index contributed by atoms with van der Waals surface area (Å²) in [5.41, 5.74) is 0.176. The van der Waals surface area contributed by atoms with Gasteiger partial charge >= 0.3 is 0 Å². The van der Waals surface area contributed by atoms with Crippen LogP contribution >= 0.6 is 0 Å². The molecule has 0 saturated carbocycles. The lowest BCUT2D eigenvalue weighted by Crippen LogP contribution is -2.35. The number of hydrogen-bond donors (Lipinski definition) is 1. The standard InChI is InChI=1S/C14H20N2O3S/c15-20(18,19)13-9-5-4-8-12(13)14(17)16-10-6-2-1-3-7-11-16/h4-5,8-9H,1-3,6-7,10-11H2,(H2,15,18,19). The van der Waals surface area contributed by atoms with Crippen molar-refractivity contribution in [3.05, 3.63) is 29.8 Å². The van der Waals surface area contributed by atoms with Crippen LogP contribution < -0.4 is 5.14 Å². The fraction of sp³-hybridized carbons (Fsp3) is 0.500. The zero-order valence-corrected chi connectivity index (χ0v) is 12.2. The monoisotopic (exact) mass is 296 g/mol. The molecule has 0 spiro atoms. The number of nitrogens with zero attached hydrogens (tertiary/aromatic N) is 1. The van der Waals surface area contributed by atoms with Crippen molar-refractivity contribution < 1.29 is 13.2 Å². The van der Waals surface area contributed by atoms with Gasteiger partial charge in [-0.3, -0.25) is 4.79 Å². The summed E-state index contributed by atoms with van der Waals surface area (Å²) in [6.45, 7) is 1.36. The van der Waals surface area contributed by atoms with Crippen LogP contribution in [0.2, 0.25) is 0 Å². The van der Waals surface area contributed by atoms with Gasteiger partial charge in [-0.25, -0.2) is 13.6 Å². The van der Waals surface area contributed by atoms with Gasteiger partial charge in [-0.2, -0.15) is 0 Å². The Hall–Kier alpha value is -1.40. The Morgan fingerprint density at radius 2 is 1.55 bits per heavy atom. The lowest BCUT2D eigenvalue weighted by atomic mass is 10.1. The van der Waals surface area contributed by atoms with Gasteiger partial charge in [-0.15, -0.1) is 0 Å². The molecule has 20 heavy (non-hydrogen) atoms. The molecule has 5 nitrogen and oxygen atoms in total. The van der Waals surface area contributed by atoms with Crippen LogP contribution in [0, 0.1) is 0 Å². The zero-order valence-electron chi connectivity index (χ0n) is 11.4. The van der Waals surface area contributed by atoms with E-state index in [1.807, 2.05) is 0 Å². The molecule has 2 N–H and O–H groups in total. The second kappa shape index (κ2) is 6.37. The van der Waals surface area contributed by atoms with Crippen molar-refractivity contribution in [1.29, 1.82) is 0 Å². The average molecular weight is 296 g/mol. The highest BCUT2D eigenvalue weighted by molar-refractivity contribution is 7.89. The minimum Gasteiger partial charge on any atom is -0.339 e. The van der Waals surface area contributed by atoms with Gasteiger partial charge in [0.1, 0.15) is 0 Å². The fourth-order valence-electron chi connectivity index (χ4n) is 2.51. The van der Waals surface area contributed by atoms with Crippen molar-refractivity contribution in [2.24, 2.45) is 5.14 Å². The van der Waals surface area contributed by atoms with Crippen molar-refractivity contribution in [1.82, 2.24) is 4.90 Å². The Bertz CT molecular complexity index is 576. The summed E-state index contributed by atoms with van der Waals surface area (Å²) < 4.78 is 23.1. The molecule has 2 rings (SSSR count). The first-order valence-corrected chi connectivity index (χ1v) is 8.46. The smallest absolute Gasteiger partial charge is 0.255 e. The molecule has 1 aromatic carbocycles. The molecule has 0 aromatic heterocycles. The molecule has 1 heterocycles. The Morgan fingerprint density at radius 1 is 1.00 bits per heavy atom. The molecule has 0 atom stereocenters. The van der Waals surface area contributed by atoms with Crippen LogP contribution in [0.4, 0.5) is 0 Å². The third-order valence-corrected chi connectivity index (χ3v) is 4.54. The molecule has 1 aliphatic heterocycles. The topological polar surface area (TPSA) is 80.5 Å². The van der Waals surface area contributed by atoms with E-state index in [9.17, 15) is 13.2 Å². The van der Waals surface area contributed by atoms with Crippen LogP contribution in [-0.2, 0) is 10.0 Å². The number of primary sulfonamides is 1. The summed E-state index contributed by atoms with van der Waals surface area (Å²) >= 11 is 0. The number of likely N-dealkylation sites (tertiary alicyclic amines) is 1. The molecule has 1 aromatic rings. The molecule has 1 aliphatic rings. The second-order valence-electron chi connectivity index (χ2n) is 5.10. The maximum absolute atomic E-state index is 12.5. The SMILES string of the molecule is NS(=O)(=O)c1ccccc1C(=O)N1CCCCCCC1. The molecule has 1 saturated heterocycles. The number of hydrogen-bond acceptors (Lipinski definition) is 3. The predicted molar refractivity (Wildman–Crippen MR) is 76.8 cm³/mol. The molecule has 6 heteroatoms. The Kier molecular flexibility index (Phi) is 4.77. The van der Waals surface area contributed by atoms with Gasteiger partial charge in [0.15, 0.2) is 0 Å². The van der Waals surface area contributed by atoms with Crippen molar-refractivity contribution >= 4 is 15.9 Å². The van der Waals surface area contributed by atoms with E-state index in [1.54, 1.807) is 17.0 Å². The lowest BCUT2D eigenvalue weighted by molar-refractivity contribution is 0.0738. The number of benzene rings is 1. The molecule has 0 bridgehead atoms. The van der Waals surface area contributed by atoms with E-state index in [-0.39, 0.29) is 16.4 Å². The highest BCUT2D eigenvalue weighted by atomic mass is 32.2. The van der Waals surface area contributed by atoms with Crippen molar-refractivity contribution in [3.8, 4) is 0 Å². The number of rotatable bonds is 2. The van der Waals surface area contributed by atoms with Crippen LogP contribution in [0.5, 0.6) is 0 Å². The summed E-state index contributed by atoms with van der Waals surface area (Å²) in [4.78, 5) is 14.2. The molecular formula is C14H20N2O3S. The molecule has 0 unspecified atom stereocenters. The molecule has 1 amide bonds. The lowest BCUT2D eigenvalue weighted by Gasteiger charge is -2.25. The Labute approximate surface area is 119 Å². The van der Waals surface area contributed by atoms with Crippen LogP contribution in [-0.4, -0.2) is 32.3 Å². The summed E-state index contributed by atoms with van der Waals surface area (Å²) in [6, 6.07) is 6.14. The number of carbonyl (C=O) groups is 1. The van der Waals surface area contributed by atoms with E-state index in [0.29, 0.717) is 13.1 Å². The van der Waals surface area contributed by atoms with Crippen molar-refractivity contribution in [2.75, 3.05) is 13.1 Å². The van der Waals surface area contributed by atoms with E-state index in [2.05, 4.69) is 0 Å². The molecule has 110 valence electrons. The van der Waals surface area contributed by atoms with Gasteiger partial charge < -0.3 is 4.90 Å². The van der Waals surface area contributed by atoms with E-state index >= 15 is 0 Å². The first kappa shape index (κ1) is 15.0. The van der Waals surface area contributed by atoms with Crippen molar-refractivity contribution in [2.45, 2.75) is 37.0 Å². The first-order chi connectivity index (χ1) is 9.50. The van der Waals surface area contributed by atoms with E-state index < -0.39 is 10.0 Å². The van der Waals surface area contributed by atoms with E-state index in [0.717, 1.165) is 25.7 Å². The van der Waals surface area contributed by atoms with Gasteiger partial charge in [0, 0.05) is 13.1 Å². The average Bonchev–Trinajstić information content (AvgIpc) is 2.37. The van der Waals surface area contributed by atoms with Crippen LogP contribution in [0.1, 0.15) is 42.5 Å². The normalized spacial score (nSPS) is 17.4. The number of nitrogens with two attached hydrogens (primary N) is 1. The number of sulfonamides is 1. The second-order valence-corrected chi connectivity index (χ2v) is 6.63. The maximum atomic E-state index is 12.5. The number of amides is 1. The quantitative estimate of drug-likeness (QED) is 0.902. The van der Waals surface area contributed by atoms with Crippen LogP contribution in [0.3, 0.4) is 0 Å². The molecular weight excluding hydrogens is 276 g/mol. The Morgan fingerprint density at radius 3 is 2.15 bits per heavy atom. The fourth-order valence-corrected chi connectivity index (χ4v) is 3.24. The third kappa shape index (κ3) is 3.58. The van der Waals surface area contributed by atoms with Gasteiger partial charge in [-0.1, -0.05) is 31.4 Å². The molecule has 0 radical (unpaired) electrons. The van der Waals surface area contributed by atoms with E-state index in [1.165, 1.54) is 18.6 Å².